The fourth-order valence-electron chi connectivity index (χ4n) is 1.94. The fraction of sp³-hybridized carbons (Fsp3) is 0.286. The van der Waals surface area contributed by atoms with Crippen molar-refractivity contribution in [1.29, 1.82) is 0 Å². The normalized spacial score (nSPS) is 15.2. The molecule has 1 aliphatic carbocycles. The number of alkyl halides is 3. The van der Waals surface area contributed by atoms with Crippen LogP contribution in [-0.2, 0) is 6.18 Å². The number of rotatable bonds is 3. The fourth-order valence-corrected chi connectivity index (χ4v) is 1.94. The van der Waals surface area contributed by atoms with Gasteiger partial charge in [0, 0.05) is 17.8 Å². The monoisotopic (exact) mass is 279 g/mol. The molecule has 0 bridgehead atoms. The third-order valence-corrected chi connectivity index (χ3v) is 3.07. The van der Waals surface area contributed by atoms with Gasteiger partial charge in [-0.3, -0.25) is 0 Å². The minimum Gasteiger partial charge on any atom is -0.351 e. The summed E-state index contributed by atoms with van der Waals surface area (Å²) in [5.74, 6) is 0.377. The van der Waals surface area contributed by atoms with Crippen LogP contribution in [0, 0.1) is 0 Å². The molecule has 104 valence electrons. The first-order valence-electron chi connectivity index (χ1n) is 6.30. The zero-order valence-corrected chi connectivity index (χ0v) is 10.5. The lowest BCUT2D eigenvalue weighted by molar-refractivity contribution is -0.137. The Morgan fingerprint density at radius 3 is 2.55 bits per heavy atom. The van der Waals surface area contributed by atoms with Crippen molar-refractivity contribution in [2.24, 2.45) is 0 Å². The van der Waals surface area contributed by atoms with E-state index in [0.29, 0.717) is 12.0 Å². The molecule has 1 fully saturated rings. The summed E-state index contributed by atoms with van der Waals surface area (Å²) in [4.78, 5) is 8.21. The quantitative estimate of drug-likeness (QED) is 0.930. The van der Waals surface area contributed by atoms with Crippen molar-refractivity contribution >= 4 is 5.95 Å². The number of benzene rings is 1. The first-order chi connectivity index (χ1) is 9.54. The lowest BCUT2D eigenvalue weighted by atomic mass is 10.0. The second-order valence-corrected chi connectivity index (χ2v) is 4.73. The topological polar surface area (TPSA) is 37.8 Å². The van der Waals surface area contributed by atoms with Crippen molar-refractivity contribution in [1.82, 2.24) is 9.97 Å². The highest BCUT2D eigenvalue weighted by atomic mass is 19.4. The molecule has 20 heavy (non-hydrogen) atoms. The molecular formula is C14H12F3N3. The van der Waals surface area contributed by atoms with E-state index in [9.17, 15) is 13.2 Å². The molecule has 0 aliphatic heterocycles. The number of aromatic nitrogens is 2. The zero-order valence-electron chi connectivity index (χ0n) is 10.5. The summed E-state index contributed by atoms with van der Waals surface area (Å²) in [6.07, 6.45) is -0.828. The van der Waals surface area contributed by atoms with Crippen LogP contribution in [0.3, 0.4) is 0 Å². The Balaban J connectivity index is 2.00. The maximum absolute atomic E-state index is 13.0. The lowest BCUT2D eigenvalue weighted by Gasteiger charge is -2.12. The summed E-state index contributed by atoms with van der Waals surface area (Å²) in [7, 11) is 0. The minimum atomic E-state index is -4.40. The maximum atomic E-state index is 13.0. The molecular weight excluding hydrogens is 267 g/mol. The average molecular weight is 279 g/mol. The van der Waals surface area contributed by atoms with Gasteiger partial charge in [0.15, 0.2) is 0 Å². The number of nitrogens with one attached hydrogen (secondary N) is 1. The number of anilines is 1. The average Bonchev–Trinajstić information content (AvgIpc) is 3.22. The van der Waals surface area contributed by atoms with Gasteiger partial charge in [-0.25, -0.2) is 9.97 Å². The van der Waals surface area contributed by atoms with Crippen molar-refractivity contribution in [3.8, 4) is 11.3 Å². The molecule has 1 saturated carbocycles. The summed E-state index contributed by atoms with van der Waals surface area (Å²) in [6, 6.07) is 7.26. The summed E-state index contributed by atoms with van der Waals surface area (Å²) in [5, 5.41) is 3.08. The van der Waals surface area contributed by atoms with Crippen LogP contribution in [0.15, 0.2) is 36.5 Å². The molecule has 0 unspecified atom stereocenters. The van der Waals surface area contributed by atoms with E-state index in [-0.39, 0.29) is 11.3 Å². The van der Waals surface area contributed by atoms with Crippen molar-refractivity contribution in [3.63, 3.8) is 0 Å². The molecule has 3 rings (SSSR count). The molecule has 1 N–H and O–H groups in total. The van der Waals surface area contributed by atoms with E-state index in [1.807, 2.05) is 0 Å². The van der Waals surface area contributed by atoms with Crippen LogP contribution in [0.25, 0.3) is 11.3 Å². The van der Waals surface area contributed by atoms with Crippen LogP contribution < -0.4 is 5.32 Å². The Morgan fingerprint density at radius 1 is 1.10 bits per heavy atom. The van der Waals surface area contributed by atoms with E-state index < -0.39 is 11.7 Å². The van der Waals surface area contributed by atoms with Gasteiger partial charge in [0.1, 0.15) is 0 Å². The lowest BCUT2D eigenvalue weighted by Crippen LogP contribution is -2.09. The van der Waals surface area contributed by atoms with E-state index in [0.717, 1.165) is 18.9 Å². The van der Waals surface area contributed by atoms with E-state index in [1.54, 1.807) is 6.07 Å². The molecule has 0 spiro atoms. The first kappa shape index (κ1) is 12.9. The molecule has 0 atom stereocenters. The minimum absolute atomic E-state index is 0.0706. The predicted molar refractivity (Wildman–Crippen MR) is 69.1 cm³/mol. The summed E-state index contributed by atoms with van der Waals surface area (Å²) >= 11 is 0. The van der Waals surface area contributed by atoms with E-state index in [2.05, 4.69) is 15.3 Å². The van der Waals surface area contributed by atoms with Crippen LogP contribution in [0.1, 0.15) is 18.4 Å². The number of halogens is 3. The van der Waals surface area contributed by atoms with Crippen LogP contribution in [-0.4, -0.2) is 16.0 Å². The number of nitrogens with zero attached hydrogens (tertiary/aromatic N) is 2. The molecule has 6 heteroatoms. The van der Waals surface area contributed by atoms with Gasteiger partial charge < -0.3 is 5.32 Å². The van der Waals surface area contributed by atoms with Crippen molar-refractivity contribution in [2.75, 3.05) is 5.32 Å². The number of hydrogen-bond donors (Lipinski definition) is 1. The Hall–Kier alpha value is -2.11. The van der Waals surface area contributed by atoms with Gasteiger partial charge in [0.25, 0.3) is 0 Å². The van der Waals surface area contributed by atoms with Gasteiger partial charge in [0.2, 0.25) is 5.95 Å². The van der Waals surface area contributed by atoms with Crippen molar-refractivity contribution in [3.05, 3.63) is 42.1 Å². The summed E-state index contributed by atoms with van der Waals surface area (Å²) < 4.78 is 39.0. The largest absolute Gasteiger partial charge is 0.417 e. The first-order valence-corrected chi connectivity index (χ1v) is 6.30. The molecule has 1 aromatic heterocycles. The molecule has 1 aromatic carbocycles. The van der Waals surface area contributed by atoms with E-state index in [4.69, 9.17) is 0 Å². The SMILES string of the molecule is FC(F)(F)c1ccccc1-c1ccnc(NC2CC2)n1. The van der Waals surface area contributed by atoms with E-state index in [1.165, 1.54) is 24.4 Å². The van der Waals surface area contributed by atoms with E-state index >= 15 is 0 Å². The van der Waals surface area contributed by atoms with Gasteiger partial charge >= 0.3 is 6.18 Å². The Labute approximate surface area is 113 Å². The van der Waals surface area contributed by atoms with Crippen LogP contribution in [0.4, 0.5) is 19.1 Å². The number of hydrogen-bond acceptors (Lipinski definition) is 3. The Morgan fingerprint density at radius 2 is 1.85 bits per heavy atom. The Bertz CT molecular complexity index is 621. The zero-order chi connectivity index (χ0) is 14.2. The molecule has 0 radical (unpaired) electrons. The standard InChI is InChI=1S/C14H12F3N3/c15-14(16,17)11-4-2-1-3-10(11)12-7-8-18-13(20-12)19-9-5-6-9/h1-4,7-9H,5-6H2,(H,18,19,20). The highest BCUT2D eigenvalue weighted by Gasteiger charge is 2.33. The highest BCUT2D eigenvalue weighted by Crippen LogP contribution is 2.36. The molecule has 1 aliphatic rings. The Kier molecular flexibility index (Phi) is 3.08. The predicted octanol–water partition coefficient (Wildman–Crippen LogP) is 3.74. The second kappa shape index (κ2) is 4.77. The molecule has 0 amide bonds. The smallest absolute Gasteiger partial charge is 0.351 e. The third kappa shape index (κ3) is 2.74. The van der Waals surface area contributed by atoms with Crippen LogP contribution in [0.2, 0.25) is 0 Å². The molecule has 2 aromatic rings. The van der Waals surface area contributed by atoms with Crippen LogP contribution >= 0.6 is 0 Å². The molecule has 3 nitrogen and oxygen atoms in total. The van der Waals surface area contributed by atoms with Gasteiger partial charge in [-0.05, 0) is 25.0 Å². The highest BCUT2D eigenvalue weighted by molar-refractivity contribution is 5.65. The second-order valence-electron chi connectivity index (χ2n) is 4.73. The van der Waals surface area contributed by atoms with Gasteiger partial charge in [-0.2, -0.15) is 13.2 Å². The van der Waals surface area contributed by atoms with Gasteiger partial charge in [-0.15, -0.1) is 0 Å². The van der Waals surface area contributed by atoms with Crippen LogP contribution in [0.5, 0.6) is 0 Å². The van der Waals surface area contributed by atoms with Crippen molar-refractivity contribution in [2.45, 2.75) is 25.1 Å². The summed E-state index contributed by atoms with van der Waals surface area (Å²) in [5.41, 5.74) is -0.339. The third-order valence-electron chi connectivity index (χ3n) is 3.07. The van der Waals surface area contributed by atoms with Gasteiger partial charge in [-0.1, -0.05) is 18.2 Å². The molecule has 1 heterocycles. The maximum Gasteiger partial charge on any atom is 0.417 e. The van der Waals surface area contributed by atoms with Crippen molar-refractivity contribution < 1.29 is 13.2 Å². The van der Waals surface area contributed by atoms with Gasteiger partial charge in [0.05, 0.1) is 11.3 Å². The molecule has 0 saturated heterocycles. The summed E-state index contributed by atoms with van der Waals surface area (Å²) in [6.45, 7) is 0.